The van der Waals surface area contributed by atoms with Gasteiger partial charge in [-0.15, -0.1) is 5.10 Å². The highest BCUT2D eigenvalue weighted by atomic mass is 19.3. The number of likely N-dealkylation sites (tertiary alicyclic amines) is 1. The minimum atomic E-state index is -2.57. The molecule has 0 spiro atoms. The Labute approximate surface area is 193 Å². The van der Waals surface area contributed by atoms with Crippen molar-refractivity contribution in [3.8, 4) is 17.3 Å². The third kappa shape index (κ3) is 5.06. The zero-order valence-electron chi connectivity index (χ0n) is 18.3. The number of ether oxygens (including phenoxy) is 1. The number of halogens is 2. The van der Waals surface area contributed by atoms with Crippen molar-refractivity contribution in [1.82, 2.24) is 29.5 Å². The van der Waals surface area contributed by atoms with Crippen LogP contribution in [0.25, 0.3) is 17.4 Å². The molecule has 0 atom stereocenters. The summed E-state index contributed by atoms with van der Waals surface area (Å²) in [4.78, 5) is 14.7. The fourth-order valence-electron chi connectivity index (χ4n) is 3.76. The first-order chi connectivity index (χ1) is 16.4. The smallest absolute Gasteiger partial charge is 0.261 e. The van der Waals surface area contributed by atoms with Crippen LogP contribution in [0.15, 0.2) is 47.1 Å². The second-order valence-electron chi connectivity index (χ2n) is 8.08. The summed E-state index contributed by atoms with van der Waals surface area (Å²) < 4.78 is 38.8. The lowest BCUT2D eigenvalue weighted by atomic mass is 10.1. The first kappa shape index (κ1) is 22.0. The van der Waals surface area contributed by atoms with E-state index in [2.05, 4.69) is 25.4 Å². The number of hydrogen-bond donors (Lipinski definition) is 2. The Morgan fingerprint density at radius 3 is 2.74 bits per heavy atom. The van der Waals surface area contributed by atoms with Gasteiger partial charge in [0.15, 0.2) is 5.76 Å². The third-order valence-corrected chi connectivity index (χ3v) is 5.52. The molecule has 0 unspecified atom stereocenters. The van der Waals surface area contributed by atoms with Crippen LogP contribution in [-0.4, -0.2) is 68.2 Å². The average Bonchev–Trinajstić information content (AvgIpc) is 3.55. The summed E-state index contributed by atoms with van der Waals surface area (Å²) in [5.41, 5.74) is 7.09. The molecule has 0 aliphatic carbocycles. The molecule has 34 heavy (non-hydrogen) atoms. The molecule has 12 heteroatoms. The molecule has 3 aromatic heterocycles. The first-order valence-electron chi connectivity index (χ1n) is 11.0. The quantitative estimate of drug-likeness (QED) is 0.380. The second kappa shape index (κ2) is 9.21. The lowest BCUT2D eigenvalue weighted by Gasteiger charge is -2.16. The topological polar surface area (TPSA) is 120 Å². The SMILES string of the molecule is Nc1nc(NCCc2ccc(OCCN3CCC(F)(F)C3)cc2)nc2nc(-c3ccco3)nn12. The summed E-state index contributed by atoms with van der Waals surface area (Å²) in [6.07, 6.45) is 2.19. The van der Waals surface area contributed by atoms with Crippen LogP contribution < -0.4 is 15.8 Å². The second-order valence-corrected chi connectivity index (χ2v) is 8.08. The monoisotopic (exact) mass is 470 g/mol. The average molecular weight is 470 g/mol. The fraction of sp³-hybridized carbons (Fsp3) is 0.364. The lowest BCUT2D eigenvalue weighted by Crippen LogP contribution is -2.29. The molecule has 0 saturated carbocycles. The van der Waals surface area contributed by atoms with Gasteiger partial charge in [-0.2, -0.15) is 19.5 Å². The van der Waals surface area contributed by atoms with Crippen LogP contribution >= 0.6 is 0 Å². The van der Waals surface area contributed by atoms with Gasteiger partial charge in [0.05, 0.1) is 12.8 Å². The van der Waals surface area contributed by atoms with Gasteiger partial charge in [0.25, 0.3) is 11.7 Å². The van der Waals surface area contributed by atoms with Gasteiger partial charge < -0.3 is 20.2 Å². The maximum Gasteiger partial charge on any atom is 0.261 e. The Morgan fingerprint density at radius 2 is 2.00 bits per heavy atom. The van der Waals surface area contributed by atoms with Crippen LogP contribution in [0.2, 0.25) is 0 Å². The molecule has 5 rings (SSSR count). The number of nitrogen functional groups attached to an aromatic ring is 1. The van der Waals surface area contributed by atoms with Crippen LogP contribution in [-0.2, 0) is 6.42 Å². The van der Waals surface area contributed by atoms with Crippen LogP contribution in [0.1, 0.15) is 12.0 Å². The van der Waals surface area contributed by atoms with E-state index in [9.17, 15) is 8.78 Å². The van der Waals surface area contributed by atoms with Gasteiger partial charge in [-0.1, -0.05) is 12.1 Å². The summed E-state index contributed by atoms with van der Waals surface area (Å²) in [7, 11) is 0. The van der Waals surface area contributed by atoms with E-state index in [0.29, 0.717) is 55.3 Å². The minimum Gasteiger partial charge on any atom is -0.492 e. The van der Waals surface area contributed by atoms with Crippen molar-refractivity contribution in [2.75, 3.05) is 43.8 Å². The number of furan rings is 1. The van der Waals surface area contributed by atoms with Crippen molar-refractivity contribution in [2.45, 2.75) is 18.8 Å². The van der Waals surface area contributed by atoms with Crippen LogP contribution in [0.4, 0.5) is 20.7 Å². The van der Waals surface area contributed by atoms with E-state index in [0.717, 1.165) is 12.0 Å². The highest BCUT2D eigenvalue weighted by molar-refractivity contribution is 5.52. The van der Waals surface area contributed by atoms with Gasteiger partial charge in [-0.3, -0.25) is 4.90 Å². The normalized spacial score (nSPS) is 15.7. The van der Waals surface area contributed by atoms with Crippen molar-refractivity contribution in [3.05, 3.63) is 48.2 Å². The maximum atomic E-state index is 13.2. The first-order valence-corrected chi connectivity index (χ1v) is 11.0. The Hall–Kier alpha value is -3.80. The molecular weight excluding hydrogens is 446 g/mol. The molecule has 1 fully saturated rings. The largest absolute Gasteiger partial charge is 0.492 e. The summed E-state index contributed by atoms with van der Waals surface area (Å²) in [5.74, 6) is -0.124. The fourth-order valence-corrected chi connectivity index (χ4v) is 3.76. The van der Waals surface area contributed by atoms with Crippen molar-refractivity contribution < 1.29 is 17.9 Å². The predicted molar refractivity (Wildman–Crippen MR) is 121 cm³/mol. The van der Waals surface area contributed by atoms with Crippen molar-refractivity contribution in [2.24, 2.45) is 0 Å². The van der Waals surface area contributed by atoms with Gasteiger partial charge in [0.1, 0.15) is 12.4 Å². The minimum absolute atomic E-state index is 0.0772. The molecule has 0 amide bonds. The summed E-state index contributed by atoms with van der Waals surface area (Å²) in [6, 6.07) is 11.2. The number of nitrogens with two attached hydrogens (primary N) is 1. The molecule has 4 aromatic rings. The third-order valence-electron chi connectivity index (χ3n) is 5.52. The van der Waals surface area contributed by atoms with Crippen LogP contribution in [0, 0.1) is 0 Å². The number of hydrogen-bond acceptors (Lipinski definition) is 9. The molecular formula is C22H24F2N8O2. The molecule has 0 bridgehead atoms. The number of benzene rings is 1. The van der Waals surface area contributed by atoms with Gasteiger partial charge >= 0.3 is 0 Å². The van der Waals surface area contributed by atoms with Crippen molar-refractivity contribution in [3.63, 3.8) is 0 Å². The highest BCUT2D eigenvalue weighted by Gasteiger charge is 2.37. The maximum absolute atomic E-state index is 13.2. The Bertz CT molecular complexity index is 1240. The van der Waals surface area contributed by atoms with Gasteiger partial charge in [-0.05, 0) is 36.2 Å². The van der Waals surface area contributed by atoms with E-state index in [1.165, 1.54) is 4.52 Å². The standard InChI is InChI=1S/C22H24F2N8O2/c23-22(24)8-10-31(14-22)11-13-33-16-5-3-15(4-6-16)7-9-26-20-28-19(25)32-21(29-20)27-18(30-32)17-2-1-12-34-17/h1-6,12H,7-11,13-14H2,(H3,25,26,27,28,29,30). The number of alkyl halides is 2. The van der Waals surface area contributed by atoms with Gasteiger partial charge in [0, 0.05) is 26.1 Å². The zero-order chi connectivity index (χ0) is 23.5. The van der Waals surface area contributed by atoms with Crippen LogP contribution in [0.5, 0.6) is 5.75 Å². The summed E-state index contributed by atoms with van der Waals surface area (Å²) >= 11 is 0. The van der Waals surface area contributed by atoms with Crippen molar-refractivity contribution in [1.29, 1.82) is 0 Å². The number of aromatic nitrogens is 5. The number of nitrogens with one attached hydrogen (secondary N) is 1. The Kier molecular flexibility index (Phi) is 5.97. The van der Waals surface area contributed by atoms with Crippen molar-refractivity contribution >= 4 is 17.7 Å². The molecule has 1 aromatic carbocycles. The molecule has 4 heterocycles. The summed E-state index contributed by atoms with van der Waals surface area (Å²) in [6.45, 7) is 1.67. The lowest BCUT2D eigenvalue weighted by molar-refractivity contribution is 0.0113. The number of rotatable bonds is 9. The molecule has 3 N–H and O–H groups in total. The van der Waals surface area contributed by atoms with Gasteiger partial charge in [-0.25, -0.2) is 8.78 Å². The zero-order valence-corrected chi connectivity index (χ0v) is 18.3. The summed E-state index contributed by atoms with van der Waals surface area (Å²) in [5, 5.41) is 7.42. The van der Waals surface area contributed by atoms with Crippen LogP contribution in [0.3, 0.4) is 0 Å². The number of fused-ring (bicyclic) bond motifs is 1. The number of anilines is 2. The molecule has 0 radical (unpaired) electrons. The highest BCUT2D eigenvalue weighted by Crippen LogP contribution is 2.26. The molecule has 1 saturated heterocycles. The van der Waals surface area contributed by atoms with E-state index < -0.39 is 5.92 Å². The molecule has 10 nitrogen and oxygen atoms in total. The number of nitrogens with zero attached hydrogens (tertiary/aromatic N) is 6. The van der Waals surface area contributed by atoms with E-state index >= 15 is 0 Å². The van der Waals surface area contributed by atoms with Gasteiger partial charge in [0.2, 0.25) is 17.7 Å². The van der Waals surface area contributed by atoms with E-state index in [1.807, 2.05) is 24.3 Å². The van der Waals surface area contributed by atoms with E-state index in [1.54, 1.807) is 23.3 Å². The Morgan fingerprint density at radius 1 is 1.15 bits per heavy atom. The van der Waals surface area contributed by atoms with E-state index in [4.69, 9.17) is 14.9 Å². The Balaban J connectivity index is 1.11. The molecule has 1 aliphatic rings. The molecule has 1 aliphatic heterocycles. The molecule has 178 valence electrons. The van der Waals surface area contributed by atoms with E-state index in [-0.39, 0.29) is 18.9 Å². The predicted octanol–water partition coefficient (Wildman–Crippen LogP) is 2.74.